The predicted molar refractivity (Wildman–Crippen MR) is 254 cm³/mol. The molecule has 6 aromatic rings. The summed E-state index contributed by atoms with van der Waals surface area (Å²) in [4.78, 5) is 37.0. The number of non-ortho nitro benzene ring substituents is 1. The first-order valence-electron chi connectivity index (χ1n) is 22.2. The zero-order valence-corrected chi connectivity index (χ0v) is 39.7. The van der Waals surface area contributed by atoms with Crippen molar-refractivity contribution in [1.29, 1.82) is 5.26 Å². The van der Waals surface area contributed by atoms with Crippen LogP contribution in [0.4, 0.5) is 16.3 Å². The molecular formula is C49H55N8O10P. The number of nitrogens with one attached hydrogen (secondary N) is 1. The van der Waals surface area contributed by atoms with Crippen LogP contribution in [-0.2, 0) is 35.3 Å². The van der Waals surface area contributed by atoms with Crippen molar-refractivity contribution in [3.63, 3.8) is 0 Å². The Morgan fingerprint density at radius 3 is 2.13 bits per heavy atom. The minimum Gasteiger partial charge on any atom is -0.497 e. The van der Waals surface area contributed by atoms with Gasteiger partial charge in [-0.15, -0.1) is 0 Å². The van der Waals surface area contributed by atoms with E-state index >= 15 is 0 Å². The number of ether oxygens (including phenoxy) is 5. The number of amides is 1. The first-order chi connectivity index (χ1) is 32.9. The van der Waals surface area contributed by atoms with Crippen LogP contribution < -0.4 is 14.8 Å². The fourth-order valence-corrected chi connectivity index (χ4v) is 9.91. The number of carbonyl (C=O) groups is 1. The number of aromatic nitrogens is 4. The van der Waals surface area contributed by atoms with E-state index in [1.54, 1.807) is 37.2 Å². The highest BCUT2D eigenvalue weighted by atomic mass is 31.2. The number of hydrogen-bond donors (Lipinski definition) is 1. The lowest BCUT2D eigenvalue weighted by molar-refractivity contribution is -0.384. The maximum atomic E-state index is 13.0. The van der Waals surface area contributed by atoms with Crippen molar-refractivity contribution in [2.45, 2.75) is 83.1 Å². The van der Waals surface area contributed by atoms with Crippen LogP contribution in [0.3, 0.4) is 0 Å². The highest BCUT2D eigenvalue weighted by Gasteiger charge is 2.45. The molecule has 1 aliphatic heterocycles. The van der Waals surface area contributed by atoms with Gasteiger partial charge in [-0.25, -0.2) is 24.4 Å². The normalized spacial score (nSPS) is 16.5. The summed E-state index contributed by atoms with van der Waals surface area (Å²) in [5.74, 6) is 1.51. The van der Waals surface area contributed by atoms with Crippen molar-refractivity contribution < 1.29 is 42.4 Å². The number of anilines is 1. The Morgan fingerprint density at radius 1 is 0.912 bits per heavy atom. The molecule has 68 heavy (non-hydrogen) atoms. The number of nitrogens with zero attached hydrogens (tertiary/aromatic N) is 7. The third kappa shape index (κ3) is 11.4. The maximum absolute atomic E-state index is 13.0. The van der Waals surface area contributed by atoms with E-state index in [1.807, 2.05) is 78.9 Å². The molecule has 3 heterocycles. The van der Waals surface area contributed by atoms with Gasteiger partial charge < -0.3 is 32.7 Å². The molecule has 1 unspecified atom stereocenters. The number of imidazole rings is 1. The van der Waals surface area contributed by atoms with E-state index < -0.39 is 43.6 Å². The second-order valence-electron chi connectivity index (χ2n) is 16.4. The largest absolute Gasteiger partial charge is 0.497 e. The minimum absolute atomic E-state index is 0.0172. The molecule has 0 spiro atoms. The van der Waals surface area contributed by atoms with Crippen molar-refractivity contribution in [2.75, 3.05) is 39.4 Å². The van der Waals surface area contributed by atoms with Crippen LogP contribution in [0.15, 0.2) is 116 Å². The van der Waals surface area contributed by atoms with Gasteiger partial charge in [-0.1, -0.05) is 66.7 Å². The topological polar surface area (TPSA) is 207 Å². The van der Waals surface area contributed by atoms with E-state index in [9.17, 15) is 20.2 Å². The summed E-state index contributed by atoms with van der Waals surface area (Å²) in [6, 6.07) is 33.9. The number of nitriles is 1. The Balaban J connectivity index is 1.21. The van der Waals surface area contributed by atoms with Crippen LogP contribution in [-0.4, -0.2) is 93.5 Å². The highest BCUT2D eigenvalue weighted by molar-refractivity contribution is 7.44. The van der Waals surface area contributed by atoms with Gasteiger partial charge in [0.15, 0.2) is 17.0 Å². The first-order valence-corrected chi connectivity index (χ1v) is 23.3. The summed E-state index contributed by atoms with van der Waals surface area (Å²) < 4.78 is 48.3. The molecule has 1 aliphatic rings. The van der Waals surface area contributed by atoms with Crippen molar-refractivity contribution in [1.82, 2.24) is 24.2 Å². The number of benzene rings is 4. The summed E-state index contributed by atoms with van der Waals surface area (Å²) in [6.07, 6.45) is 1.04. The number of nitro groups is 1. The Hall–Kier alpha value is -6.58. The van der Waals surface area contributed by atoms with Gasteiger partial charge in [0.2, 0.25) is 0 Å². The van der Waals surface area contributed by atoms with Crippen LogP contribution in [0, 0.1) is 21.4 Å². The van der Waals surface area contributed by atoms with Gasteiger partial charge in [0.05, 0.1) is 63.9 Å². The van der Waals surface area contributed by atoms with Crippen LogP contribution >= 0.6 is 8.53 Å². The summed E-state index contributed by atoms with van der Waals surface area (Å²) in [6.45, 7) is 8.56. The van der Waals surface area contributed by atoms with E-state index in [4.69, 9.17) is 32.7 Å². The van der Waals surface area contributed by atoms with Crippen molar-refractivity contribution >= 4 is 37.3 Å². The minimum atomic E-state index is -1.70. The summed E-state index contributed by atoms with van der Waals surface area (Å²) >= 11 is 0. The van der Waals surface area contributed by atoms with E-state index in [-0.39, 0.29) is 49.8 Å². The Labute approximate surface area is 396 Å². The summed E-state index contributed by atoms with van der Waals surface area (Å²) in [7, 11) is 1.55. The van der Waals surface area contributed by atoms with Gasteiger partial charge in [-0.2, -0.15) is 5.26 Å². The smallest absolute Gasteiger partial charge is 0.412 e. The molecule has 7 rings (SSSR count). The van der Waals surface area contributed by atoms with Gasteiger partial charge >= 0.3 is 6.09 Å². The van der Waals surface area contributed by atoms with Crippen molar-refractivity contribution in [3.05, 3.63) is 148 Å². The van der Waals surface area contributed by atoms with Gasteiger partial charge in [0.1, 0.15) is 35.8 Å². The molecule has 4 aromatic carbocycles. The molecule has 0 saturated carbocycles. The third-order valence-electron chi connectivity index (χ3n) is 11.4. The van der Waals surface area contributed by atoms with Gasteiger partial charge in [-0.05, 0) is 74.2 Å². The molecule has 19 heteroatoms. The predicted octanol–water partition coefficient (Wildman–Crippen LogP) is 9.50. The molecule has 4 atom stereocenters. The molecule has 356 valence electrons. The zero-order valence-electron chi connectivity index (χ0n) is 38.8. The molecule has 0 aliphatic carbocycles. The Kier molecular flexibility index (Phi) is 16.6. The monoisotopic (exact) mass is 946 g/mol. The molecular weight excluding hydrogens is 892 g/mol. The molecule has 0 bridgehead atoms. The molecule has 1 N–H and O–H groups in total. The average molecular weight is 947 g/mol. The summed E-state index contributed by atoms with van der Waals surface area (Å²) in [5.41, 5.74) is 2.84. The van der Waals surface area contributed by atoms with Crippen LogP contribution in [0.25, 0.3) is 11.2 Å². The molecule has 1 fully saturated rings. The fourth-order valence-electron chi connectivity index (χ4n) is 8.16. The van der Waals surface area contributed by atoms with Crippen LogP contribution in [0.5, 0.6) is 11.5 Å². The van der Waals surface area contributed by atoms with Gasteiger partial charge in [0.25, 0.3) is 14.2 Å². The number of fused-ring (bicyclic) bond motifs is 1. The highest BCUT2D eigenvalue weighted by Crippen LogP contribution is 2.51. The van der Waals surface area contributed by atoms with Gasteiger partial charge in [0, 0.05) is 37.1 Å². The number of carbonyl (C=O) groups excluding carboxylic acids is 1. The molecule has 1 amide bonds. The average Bonchev–Trinajstić information content (AvgIpc) is 3.97. The second kappa shape index (κ2) is 22.9. The lowest BCUT2D eigenvalue weighted by Crippen LogP contribution is -2.39. The first kappa shape index (κ1) is 49.3. The van der Waals surface area contributed by atoms with E-state index in [2.05, 4.69) is 58.7 Å². The zero-order chi connectivity index (χ0) is 48.2. The molecule has 1 saturated heterocycles. The molecule has 0 radical (unpaired) electrons. The second-order valence-corrected chi connectivity index (χ2v) is 17.8. The van der Waals surface area contributed by atoms with Crippen molar-refractivity contribution in [3.8, 4) is 17.6 Å². The number of methoxy groups -OCH3 is 2. The van der Waals surface area contributed by atoms with Gasteiger partial charge in [-0.3, -0.25) is 20.0 Å². The number of rotatable bonds is 22. The lowest BCUT2D eigenvalue weighted by atomic mass is 9.80. The lowest BCUT2D eigenvalue weighted by Gasteiger charge is -2.39. The van der Waals surface area contributed by atoms with Crippen LogP contribution in [0.2, 0.25) is 0 Å². The van der Waals surface area contributed by atoms with Crippen LogP contribution in [0.1, 0.15) is 69.0 Å². The molecule has 2 aromatic heterocycles. The van der Waals surface area contributed by atoms with E-state index in [0.717, 1.165) is 22.3 Å². The van der Waals surface area contributed by atoms with E-state index in [0.29, 0.717) is 35.5 Å². The maximum Gasteiger partial charge on any atom is 0.412 e. The molecule has 18 nitrogen and oxygen atoms in total. The number of hydrogen-bond acceptors (Lipinski definition) is 15. The SMILES string of the molecule is COc1ccc(C(OC[C@H]2O[C@@H](n3cnc4c(NC(=O)OCCc5ccc([N+](=O)[O-])cc5)ncnc43)C[C@@H]2OP(OCCC#N)N(C(C)C)C(C)C)(c2ccccc2)c2ccc(OC)cc2)cc1. The summed E-state index contributed by atoms with van der Waals surface area (Å²) in [5, 5.41) is 23.2. The Morgan fingerprint density at radius 2 is 1.54 bits per heavy atom. The quantitative estimate of drug-likeness (QED) is 0.0221. The Bertz CT molecular complexity index is 2570. The van der Waals surface area contributed by atoms with Crippen molar-refractivity contribution in [2.24, 2.45) is 0 Å². The third-order valence-corrected chi connectivity index (χ3v) is 13.5. The standard InChI is InChI=1S/C49H55N8O10P/c1-33(2)56(34(3)4)68(65-27-10-26-50)67-42-29-44(55-32-53-45-46(51-31-52-47(45)55)54-48(58)63-28-25-35-13-19-39(20-14-35)57(59)60)66-43(42)30-64-49(36-11-8-7-9-12-36,37-15-21-40(61-5)22-16-37)38-17-23-41(62-6)24-18-38/h7-9,11-24,31-34,42-44H,10,25,27-30H2,1-6H3,(H,51,52,54,58)/t42-,43+,44+,68?/m0/s1. The number of nitro benzene ring substituents is 1. The van der Waals surface area contributed by atoms with E-state index in [1.165, 1.54) is 18.5 Å². The fraction of sp³-hybridized carbons (Fsp3) is 0.367.